The highest BCUT2D eigenvalue weighted by Crippen LogP contribution is 2.33. The third-order valence-electron chi connectivity index (χ3n) is 6.44. The van der Waals surface area contributed by atoms with Crippen LogP contribution in [0.5, 0.6) is 0 Å². The molecule has 0 spiro atoms. The number of aliphatic hydroxyl groups is 1. The van der Waals surface area contributed by atoms with E-state index in [1.54, 1.807) is 12.1 Å². The number of hydrogen-bond acceptors (Lipinski definition) is 3. The Bertz CT molecular complexity index is 1130. The standard InChI is InChI=1S/C28H28O4/c29-25(18-20-7-9-21-3-1-2-4-24(21)17-20)14-12-22-13-16-27(30)26(22)15-8-19-5-10-23(11-6-19)28(31)32/h1-7,9-12,14,17,22,25-26,29H,8,13,15-16,18H2,(H,31,32)/t22-,25?,26-/m1/s1. The summed E-state index contributed by atoms with van der Waals surface area (Å²) in [6.45, 7) is 0. The predicted molar refractivity (Wildman–Crippen MR) is 126 cm³/mol. The van der Waals surface area contributed by atoms with Gasteiger partial charge in [0.25, 0.3) is 0 Å². The lowest BCUT2D eigenvalue weighted by Gasteiger charge is -2.16. The molecule has 4 nitrogen and oxygen atoms in total. The molecule has 3 aromatic rings. The van der Waals surface area contributed by atoms with Gasteiger partial charge < -0.3 is 10.2 Å². The summed E-state index contributed by atoms with van der Waals surface area (Å²) in [7, 11) is 0. The van der Waals surface area contributed by atoms with Crippen molar-refractivity contribution < 1.29 is 19.8 Å². The van der Waals surface area contributed by atoms with Gasteiger partial charge in [0.1, 0.15) is 5.78 Å². The molecule has 0 saturated heterocycles. The molecular weight excluding hydrogens is 400 g/mol. The lowest BCUT2D eigenvalue weighted by atomic mass is 9.88. The summed E-state index contributed by atoms with van der Waals surface area (Å²) in [6.07, 6.45) is 6.70. The number of aryl methyl sites for hydroxylation is 1. The zero-order valence-corrected chi connectivity index (χ0v) is 18.0. The summed E-state index contributed by atoms with van der Waals surface area (Å²) in [5.41, 5.74) is 2.39. The van der Waals surface area contributed by atoms with Gasteiger partial charge >= 0.3 is 5.97 Å². The van der Waals surface area contributed by atoms with E-state index in [1.165, 1.54) is 10.8 Å². The number of hydrogen-bond donors (Lipinski definition) is 2. The molecule has 0 aromatic heterocycles. The Labute approximate surface area is 188 Å². The molecule has 1 unspecified atom stereocenters. The monoisotopic (exact) mass is 428 g/mol. The minimum absolute atomic E-state index is 0.0433. The van der Waals surface area contributed by atoms with Gasteiger partial charge in [-0.1, -0.05) is 66.7 Å². The molecule has 0 aliphatic heterocycles. The molecule has 4 rings (SSSR count). The number of fused-ring (bicyclic) bond motifs is 1. The summed E-state index contributed by atoms with van der Waals surface area (Å²) in [5.74, 6) is -0.550. The first-order valence-electron chi connectivity index (χ1n) is 11.2. The number of aromatic carboxylic acids is 1. The van der Waals surface area contributed by atoms with Crippen LogP contribution < -0.4 is 0 Å². The maximum atomic E-state index is 12.4. The second-order valence-electron chi connectivity index (χ2n) is 8.65. The second kappa shape index (κ2) is 9.92. The van der Waals surface area contributed by atoms with Gasteiger partial charge in [0.15, 0.2) is 0 Å². The van der Waals surface area contributed by atoms with Crippen molar-refractivity contribution in [3.63, 3.8) is 0 Å². The van der Waals surface area contributed by atoms with Crippen molar-refractivity contribution in [2.24, 2.45) is 11.8 Å². The van der Waals surface area contributed by atoms with Gasteiger partial charge in [-0.05, 0) is 59.2 Å². The van der Waals surface area contributed by atoms with Crippen LogP contribution in [0.25, 0.3) is 10.8 Å². The van der Waals surface area contributed by atoms with Gasteiger partial charge in [0, 0.05) is 18.8 Å². The van der Waals surface area contributed by atoms with Crippen LogP contribution in [0.15, 0.2) is 78.9 Å². The molecule has 1 aliphatic carbocycles. The van der Waals surface area contributed by atoms with Crippen molar-refractivity contribution in [3.05, 3.63) is 95.6 Å². The van der Waals surface area contributed by atoms with Gasteiger partial charge in [0.2, 0.25) is 0 Å². The Morgan fingerprint density at radius 1 is 1.00 bits per heavy atom. The lowest BCUT2D eigenvalue weighted by molar-refractivity contribution is -0.121. The Hall–Kier alpha value is -3.24. The second-order valence-corrected chi connectivity index (χ2v) is 8.65. The average Bonchev–Trinajstić information content (AvgIpc) is 3.15. The molecule has 0 amide bonds. The van der Waals surface area contributed by atoms with Gasteiger partial charge in [0.05, 0.1) is 11.7 Å². The fourth-order valence-corrected chi connectivity index (χ4v) is 4.62. The molecule has 32 heavy (non-hydrogen) atoms. The predicted octanol–water partition coefficient (Wildman–Crippen LogP) is 5.23. The van der Waals surface area contributed by atoms with Crippen LogP contribution in [0.2, 0.25) is 0 Å². The quantitative estimate of drug-likeness (QED) is 0.482. The zero-order chi connectivity index (χ0) is 22.5. The number of rotatable bonds is 8. The van der Waals surface area contributed by atoms with E-state index in [4.69, 9.17) is 5.11 Å². The van der Waals surface area contributed by atoms with Gasteiger partial charge in [-0.3, -0.25) is 4.79 Å². The maximum Gasteiger partial charge on any atom is 0.335 e. The Morgan fingerprint density at radius 3 is 2.47 bits per heavy atom. The topological polar surface area (TPSA) is 74.6 Å². The summed E-state index contributed by atoms with van der Waals surface area (Å²) in [6, 6.07) is 21.3. The number of carboxylic acid groups (broad SMARTS) is 1. The van der Waals surface area contributed by atoms with E-state index >= 15 is 0 Å². The Balaban J connectivity index is 1.35. The summed E-state index contributed by atoms with van der Waals surface area (Å²) >= 11 is 0. The molecule has 2 N–H and O–H groups in total. The van der Waals surface area contributed by atoms with Crippen LogP contribution in [0, 0.1) is 11.8 Å². The Kier molecular flexibility index (Phi) is 6.81. The highest BCUT2D eigenvalue weighted by atomic mass is 16.4. The van der Waals surface area contributed by atoms with E-state index in [1.807, 2.05) is 36.4 Å². The van der Waals surface area contributed by atoms with Crippen molar-refractivity contribution in [2.75, 3.05) is 0 Å². The molecule has 0 heterocycles. The molecular formula is C28H28O4. The number of allylic oxidation sites excluding steroid dienone is 1. The van der Waals surface area contributed by atoms with E-state index in [0.29, 0.717) is 12.8 Å². The number of ketones is 1. The number of aliphatic hydroxyl groups excluding tert-OH is 1. The number of Topliss-reactive ketones (excluding diaryl/α,β-unsaturated/α-hetero) is 1. The number of carboxylic acids is 1. The first-order valence-corrected chi connectivity index (χ1v) is 11.2. The number of benzene rings is 3. The van der Waals surface area contributed by atoms with Crippen LogP contribution in [-0.2, 0) is 17.6 Å². The largest absolute Gasteiger partial charge is 0.478 e. The average molecular weight is 429 g/mol. The lowest BCUT2D eigenvalue weighted by Crippen LogP contribution is -2.15. The third kappa shape index (κ3) is 5.32. The molecule has 164 valence electrons. The molecule has 3 aromatic carbocycles. The maximum absolute atomic E-state index is 12.4. The summed E-state index contributed by atoms with van der Waals surface area (Å²) < 4.78 is 0. The van der Waals surface area contributed by atoms with E-state index in [0.717, 1.165) is 30.4 Å². The first-order chi connectivity index (χ1) is 15.5. The summed E-state index contributed by atoms with van der Waals surface area (Å²) in [5, 5.41) is 21.9. The molecule has 1 saturated carbocycles. The van der Waals surface area contributed by atoms with Crippen LogP contribution >= 0.6 is 0 Å². The number of carbonyl (C=O) groups excluding carboxylic acids is 1. The number of carbonyl (C=O) groups is 2. The molecule has 4 heteroatoms. The van der Waals surface area contributed by atoms with E-state index in [2.05, 4.69) is 30.3 Å². The molecule has 0 radical (unpaired) electrons. The van der Waals surface area contributed by atoms with E-state index in [9.17, 15) is 14.7 Å². The van der Waals surface area contributed by atoms with E-state index in [-0.39, 0.29) is 23.2 Å². The Morgan fingerprint density at radius 2 is 1.72 bits per heavy atom. The van der Waals surface area contributed by atoms with Crippen LogP contribution in [0.3, 0.4) is 0 Å². The fourth-order valence-electron chi connectivity index (χ4n) is 4.62. The summed E-state index contributed by atoms with van der Waals surface area (Å²) in [4.78, 5) is 23.4. The minimum atomic E-state index is -0.935. The first kappa shape index (κ1) is 22.0. The highest BCUT2D eigenvalue weighted by molar-refractivity contribution is 5.87. The van der Waals surface area contributed by atoms with Crippen molar-refractivity contribution in [1.82, 2.24) is 0 Å². The van der Waals surface area contributed by atoms with Crippen LogP contribution in [-0.4, -0.2) is 28.1 Å². The van der Waals surface area contributed by atoms with Crippen molar-refractivity contribution in [1.29, 1.82) is 0 Å². The third-order valence-corrected chi connectivity index (χ3v) is 6.44. The fraction of sp³-hybridized carbons (Fsp3) is 0.286. The van der Waals surface area contributed by atoms with Crippen LogP contribution in [0.1, 0.15) is 40.7 Å². The van der Waals surface area contributed by atoms with Gasteiger partial charge in [-0.2, -0.15) is 0 Å². The molecule has 1 fully saturated rings. The normalized spacial score (nSPS) is 19.6. The van der Waals surface area contributed by atoms with E-state index < -0.39 is 12.1 Å². The molecule has 1 aliphatic rings. The van der Waals surface area contributed by atoms with Crippen molar-refractivity contribution in [3.8, 4) is 0 Å². The van der Waals surface area contributed by atoms with Gasteiger partial charge in [-0.25, -0.2) is 4.79 Å². The van der Waals surface area contributed by atoms with Crippen molar-refractivity contribution in [2.45, 2.75) is 38.2 Å². The van der Waals surface area contributed by atoms with Gasteiger partial charge in [-0.15, -0.1) is 0 Å². The smallest absolute Gasteiger partial charge is 0.335 e. The zero-order valence-electron chi connectivity index (χ0n) is 18.0. The minimum Gasteiger partial charge on any atom is -0.478 e. The molecule has 3 atom stereocenters. The van der Waals surface area contributed by atoms with Crippen molar-refractivity contribution >= 4 is 22.5 Å². The highest BCUT2D eigenvalue weighted by Gasteiger charge is 2.32. The molecule has 0 bridgehead atoms. The SMILES string of the molecule is O=C(O)c1ccc(CC[C@H]2C(=O)CC[C@H]2C=CC(O)Cc2ccc3ccccc3c2)cc1. The van der Waals surface area contributed by atoms with Crippen LogP contribution in [0.4, 0.5) is 0 Å².